The van der Waals surface area contributed by atoms with E-state index in [1.54, 1.807) is 18.3 Å². The van der Waals surface area contributed by atoms with Crippen LogP contribution in [0.4, 0.5) is 8.78 Å². The van der Waals surface area contributed by atoms with E-state index >= 15 is 0 Å². The molecule has 0 saturated carbocycles. The maximum Gasteiger partial charge on any atom is 0.141 e. The number of aromatic nitrogens is 1. The maximum atomic E-state index is 13.2. The van der Waals surface area contributed by atoms with Crippen molar-refractivity contribution in [3.05, 3.63) is 65.5 Å². The van der Waals surface area contributed by atoms with E-state index in [4.69, 9.17) is 0 Å². The first-order valence-electron chi connectivity index (χ1n) is 5.80. The lowest BCUT2D eigenvalue weighted by atomic mass is 10.00. The molecule has 4 heteroatoms. The van der Waals surface area contributed by atoms with Crippen molar-refractivity contribution in [3.8, 4) is 0 Å². The van der Waals surface area contributed by atoms with E-state index in [0.717, 1.165) is 23.9 Å². The summed E-state index contributed by atoms with van der Waals surface area (Å²) in [6, 6.07) is 7.42. The van der Waals surface area contributed by atoms with Crippen molar-refractivity contribution in [1.82, 2.24) is 10.3 Å². The Labute approximate surface area is 105 Å². The molecule has 0 bridgehead atoms. The van der Waals surface area contributed by atoms with Gasteiger partial charge in [0.25, 0.3) is 0 Å². The molecular weight excluding hydrogens is 234 g/mol. The molecule has 0 aliphatic rings. The Bertz CT molecular complexity index is 511. The highest BCUT2D eigenvalue weighted by atomic mass is 19.1. The van der Waals surface area contributed by atoms with E-state index in [2.05, 4.69) is 10.3 Å². The van der Waals surface area contributed by atoms with Crippen molar-refractivity contribution in [2.75, 3.05) is 6.54 Å². The minimum atomic E-state index is -0.377. The average molecular weight is 248 g/mol. The lowest BCUT2D eigenvalue weighted by molar-refractivity contribution is 0.593. The van der Waals surface area contributed by atoms with E-state index in [-0.39, 0.29) is 17.7 Å². The molecule has 1 N–H and O–H groups in total. The lowest BCUT2D eigenvalue weighted by Crippen LogP contribution is -2.22. The fourth-order valence-corrected chi connectivity index (χ4v) is 1.87. The summed E-state index contributed by atoms with van der Waals surface area (Å²) < 4.78 is 26.1. The van der Waals surface area contributed by atoms with Gasteiger partial charge >= 0.3 is 0 Å². The summed E-state index contributed by atoms with van der Waals surface area (Å²) in [4.78, 5) is 3.84. The minimum absolute atomic E-state index is 0.182. The van der Waals surface area contributed by atoms with E-state index < -0.39 is 0 Å². The van der Waals surface area contributed by atoms with Gasteiger partial charge in [0, 0.05) is 6.20 Å². The summed E-state index contributed by atoms with van der Waals surface area (Å²) in [6.07, 6.45) is 2.77. The molecule has 94 valence electrons. The molecule has 0 amide bonds. The zero-order valence-corrected chi connectivity index (χ0v) is 10.0. The Morgan fingerprint density at radius 3 is 2.39 bits per heavy atom. The van der Waals surface area contributed by atoms with Gasteiger partial charge in [0.15, 0.2) is 0 Å². The Morgan fingerprint density at radius 1 is 1.06 bits per heavy atom. The zero-order valence-electron chi connectivity index (χ0n) is 10.0. The lowest BCUT2D eigenvalue weighted by Gasteiger charge is -2.18. The third-order valence-electron chi connectivity index (χ3n) is 2.67. The number of pyridine rings is 1. The second kappa shape index (κ2) is 5.69. The number of halogens is 2. The van der Waals surface area contributed by atoms with Gasteiger partial charge in [-0.15, -0.1) is 0 Å². The number of benzene rings is 1. The van der Waals surface area contributed by atoms with E-state index in [1.165, 1.54) is 18.2 Å². The molecule has 1 heterocycles. The molecule has 18 heavy (non-hydrogen) atoms. The highest BCUT2D eigenvalue weighted by Gasteiger charge is 2.13. The van der Waals surface area contributed by atoms with Crippen molar-refractivity contribution in [2.24, 2.45) is 0 Å². The van der Waals surface area contributed by atoms with E-state index in [9.17, 15) is 8.78 Å². The molecule has 0 aliphatic carbocycles. The highest BCUT2D eigenvalue weighted by molar-refractivity contribution is 5.30. The topological polar surface area (TPSA) is 24.9 Å². The summed E-state index contributed by atoms with van der Waals surface area (Å²) in [7, 11) is 0. The molecule has 1 unspecified atom stereocenters. The van der Waals surface area contributed by atoms with Crippen molar-refractivity contribution >= 4 is 0 Å². The van der Waals surface area contributed by atoms with Crippen molar-refractivity contribution < 1.29 is 8.78 Å². The van der Waals surface area contributed by atoms with Crippen molar-refractivity contribution in [2.45, 2.75) is 13.0 Å². The van der Waals surface area contributed by atoms with Gasteiger partial charge in [-0.2, -0.15) is 0 Å². The molecule has 0 radical (unpaired) electrons. The Balaban J connectivity index is 2.36. The van der Waals surface area contributed by atoms with Gasteiger partial charge in [0.05, 0.1) is 12.2 Å². The van der Waals surface area contributed by atoms with Gasteiger partial charge in [-0.1, -0.05) is 19.1 Å². The van der Waals surface area contributed by atoms with E-state index in [1.807, 2.05) is 6.92 Å². The van der Waals surface area contributed by atoms with Crippen molar-refractivity contribution in [1.29, 1.82) is 0 Å². The summed E-state index contributed by atoms with van der Waals surface area (Å²) in [6.45, 7) is 2.68. The Kier molecular flexibility index (Phi) is 3.99. The summed E-state index contributed by atoms with van der Waals surface area (Å²) in [5.74, 6) is -0.663. The van der Waals surface area contributed by atoms with Crippen molar-refractivity contribution in [3.63, 3.8) is 0 Å². The number of hydrogen-bond donors (Lipinski definition) is 1. The van der Waals surface area contributed by atoms with Crippen LogP contribution in [0, 0.1) is 11.6 Å². The monoisotopic (exact) mass is 248 g/mol. The molecule has 2 rings (SSSR count). The van der Waals surface area contributed by atoms with Gasteiger partial charge in [-0.05, 0) is 35.9 Å². The first-order valence-corrected chi connectivity index (χ1v) is 5.80. The number of hydrogen-bond acceptors (Lipinski definition) is 2. The largest absolute Gasteiger partial charge is 0.306 e. The number of rotatable bonds is 4. The summed E-state index contributed by atoms with van der Waals surface area (Å²) in [5.41, 5.74) is 1.61. The van der Waals surface area contributed by atoms with Crippen LogP contribution in [0.25, 0.3) is 0 Å². The quantitative estimate of drug-likeness (QED) is 0.899. The van der Waals surface area contributed by atoms with Crippen LogP contribution in [0.2, 0.25) is 0 Å². The third kappa shape index (κ3) is 2.90. The smallest absolute Gasteiger partial charge is 0.141 e. The molecule has 1 aromatic carbocycles. The fraction of sp³-hybridized carbons (Fsp3) is 0.214. The predicted molar refractivity (Wildman–Crippen MR) is 66.1 cm³/mol. The molecule has 2 aromatic rings. The standard InChI is InChI=1S/C14H14F2N2/c1-2-18-14(10-3-5-12(15)6-4-10)11-7-13(16)9-17-8-11/h3-9,14,18H,2H2,1H3. The van der Waals surface area contributed by atoms with Crippen LogP contribution in [0.15, 0.2) is 42.7 Å². The van der Waals surface area contributed by atoms with Gasteiger partial charge < -0.3 is 5.32 Å². The van der Waals surface area contributed by atoms with Crippen LogP contribution < -0.4 is 5.32 Å². The first-order chi connectivity index (χ1) is 8.70. The Hall–Kier alpha value is -1.81. The van der Waals surface area contributed by atoms with Gasteiger partial charge in [0.2, 0.25) is 0 Å². The van der Waals surface area contributed by atoms with Gasteiger partial charge in [-0.25, -0.2) is 8.78 Å². The molecule has 0 spiro atoms. The second-order valence-electron chi connectivity index (χ2n) is 3.98. The van der Waals surface area contributed by atoms with Gasteiger partial charge in [0.1, 0.15) is 11.6 Å². The summed E-state index contributed by atoms with van der Waals surface area (Å²) in [5, 5.41) is 3.23. The first kappa shape index (κ1) is 12.6. The minimum Gasteiger partial charge on any atom is -0.306 e. The van der Waals surface area contributed by atoms with E-state index in [0.29, 0.717) is 0 Å². The molecule has 2 nitrogen and oxygen atoms in total. The second-order valence-corrected chi connectivity index (χ2v) is 3.98. The number of nitrogens with zero attached hydrogens (tertiary/aromatic N) is 1. The SMILES string of the molecule is CCNC(c1ccc(F)cc1)c1cncc(F)c1. The maximum absolute atomic E-state index is 13.2. The molecule has 1 atom stereocenters. The van der Waals surface area contributed by atoms with Crippen LogP contribution in [0.1, 0.15) is 24.1 Å². The average Bonchev–Trinajstić information content (AvgIpc) is 2.37. The summed E-state index contributed by atoms with van der Waals surface area (Å²) >= 11 is 0. The third-order valence-corrected chi connectivity index (χ3v) is 2.67. The predicted octanol–water partition coefficient (Wildman–Crippen LogP) is 3.06. The van der Waals surface area contributed by atoms with Crippen LogP contribution >= 0.6 is 0 Å². The molecule has 0 fully saturated rings. The Morgan fingerprint density at radius 2 is 1.78 bits per heavy atom. The molecule has 0 aliphatic heterocycles. The molecule has 0 saturated heterocycles. The highest BCUT2D eigenvalue weighted by Crippen LogP contribution is 2.22. The van der Waals surface area contributed by atoms with Crippen LogP contribution in [-0.2, 0) is 0 Å². The van der Waals surface area contributed by atoms with Gasteiger partial charge in [-0.3, -0.25) is 4.98 Å². The normalized spacial score (nSPS) is 12.4. The molecule has 1 aromatic heterocycles. The van der Waals surface area contributed by atoms with Crippen LogP contribution in [0.5, 0.6) is 0 Å². The fourth-order valence-electron chi connectivity index (χ4n) is 1.87. The van der Waals surface area contributed by atoms with Crippen LogP contribution in [0.3, 0.4) is 0 Å². The number of nitrogens with one attached hydrogen (secondary N) is 1. The zero-order chi connectivity index (χ0) is 13.0. The molecular formula is C14H14F2N2. The van der Waals surface area contributed by atoms with Crippen LogP contribution in [-0.4, -0.2) is 11.5 Å².